The van der Waals surface area contributed by atoms with Crippen LogP contribution >= 0.6 is 0 Å². The summed E-state index contributed by atoms with van der Waals surface area (Å²) in [4.78, 5) is 4.98. The number of halogens is 1. The fraction of sp³-hybridized carbons (Fsp3) is 0.286. The summed E-state index contributed by atoms with van der Waals surface area (Å²) in [6.45, 7) is 5.27. The quantitative estimate of drug-likeness (QED) is 0.544. The van der Waals surface area contributed by atoms with E-state index in [0.29, 0.717) is 12.4 Å². The molecule has 2 aliphatic rings. The fourth-order valence-electron chi connectivity index (χ4n) is 4.76. The lowest BCUT2D eigenvalue weighted by molar-refractivity contribution is 0.117. The Morgan fingerprint density at radius 3 is 2.55 bits per heavy atom. The zero-order valence-corrected chi connectivity index (χ0v) is 18.9. The van der Waals surface area contributed by atoms with E-state index in [2.05, 4.69) is 52.3 Å². The van der Waals surface area contributed by atoms with Crippen LogP contribution in [-0.4, -0.2) is 49.6 Å². The summed E-state index contributed by atoms with van der Waals surface area (Å²) < 4.78 is 25.2. The van der Waals surface area contributed by atoms with Gasteiger partial charge in [0.05, 0.1) is 13.2 Å². The summed E-state index contributed by atoms with van der Waals surface area (Å²) in [5.41, 5.74) is 4.65. The molecule has 0 aliphatic carbocycles. The predicted octanol–water partition coefficient (Wildman–Crippen LogP) is 5.15. The number of benzene rings is 3. The third kappa shape index (κ3) is 4.80. The van der Waals surface area contributed by atoms with Crippen molar-refractivity contribution in [2.45, 2.75) is 12.6 Å². The van der Waals surface area contributed by atoms with Crippen LogP contribution in [0.2, 0.25) is 0 Å². The summed E-state index contributed by atoms with van der Waals surface area (Å²) in [7, 11) is 1.68. The first kappa shape index (κ1) is 21.7. The van der Waals surface area contributed by atoms with E-state index in [1.807, 2.05) is 24.3 Å². The Hall–Kier alpha value is -3.15. The fourth-order valence-corrected chi connectivity index (χ4v) is 4.76. The molecule has 1 saturated heterocycles. The Bertz CT molecular complexity index is 1120. The lowest BCUT2D eigenvalue weighted by Crippen LogP contribution is -2.47. The molecular formula is C28H29FN2O2. The number of hydrogen-bond acceptors (Lipinski definition) is 4. The summed E-state index contributed by atoms with van der Waals surface area (Å²) in [6.07, 6.45) is 4.39. The molecule has 3 aromatic rings. The maximum atomic E-state index is 13.9. The van der Waals surface area contributed by atoms with Gasteiger partial charge in [0.15, 0.2) is 0 Å². The highest BCUT2D eigenvalue weighted by Gasteiger charge is 2.31. The second-order valence-corrected chi connectivity index (χ2v) is 8.58. The van der Waals surface area contributed by atoms with Crippen molar-refractivity contribution in [3.05, 3.63) is 101 Å². The van der Waals surface area contributed by atoms with Crippen LogP contribution in [0.3, 0.4) is 0 Å². The standard InChI is InChI=1S/C28H29FN2O2/c1-32-24-11-8-21(9-12-24)5-4-14-30-15-17-31(18-16-30)28-25-7-3-2-6-22(25)20-33-27-19-23(29)10-13-26(27)28/h2-13,19,28H,14-18,20H2,1H3/b5-4+. The van der Waals surface area contributed by atoms with Gasteiger partial charge in [-0.1, -0.05) is 54.6 Å². The summed E-state index contributed by atoms with van der Waals surface area (Å²) in [5, 5.41) is 0. The largest absolute Gasteiger partial charge is 0.497 e. The molecule has 0 aromatic heterocycles. The van der Waals surface area contributed by atoms with Crippen LogP contribution in [0.1, 0.15) is 28.3 Å². The molecule has 0 radical (unpaired) electrons. The predicted molar refractivity (Wildman–Crippen MR) is 129 cm³/mol. The van der Waals surface area contributed by atoms with Crippen LogP contribution in [0.5, 0.6) is 11.5 Å². The first-order valence-corrected chi connectivity index (χ1v) is 11.5. The van der Waals surface area contributed by atoms with Crippen molar-refractivity contribution in [2.75, 3.05) is 39.8 Å². The van der Waals surface area contributed by atoms with Gasteiger partial charge < -0.3 is 9.47 Å². The lowest BCUT2D eigenvalue weighted by Gasteiger charge is -2.39. The second kappa shape index (κ2) is 9.77. The molecule has 2 aliphatic heterocycles. The van der Waals surface area contributed by atoms with E-state index in [0.717, 1.165) is 44.0 Å². The van der Waals surface area contributed by atoms with Crippen LogP contribution in [0.4, 0.5) is 4.39 Å². The van der Waals surface area contributed by atoms with Gasteiger partial charge in [0.2, 0.25) is 0 Å². The van der Waals surface area contributed by atoms with Crippen molar-refractivity contribution in [2.24, 2.45) is 0 Å². The highest BCUT2D eigenvalue weighted by Crippen LogP contribution is 2.40. The number of piperazine rings is 1. The normalized spacial score (nSPS) is 18.9. The minimum Gasteiger partial charge on any atom is -0.497 e. The van der Waals surface area contributed by atoms with E-state index >= 15 is 0 Å². The molecule has 1 atom stereocenters. The Balaban J connectivity index is 1.28. The van der Waals surface area contributed by atoms with Gasteiger partial charge >= 0.3 is 0 Å². The summed E-state index contributed by atoms with van der Waals surface area (Å²) >= 11 is 0. The van der Waals surface area contributed by atoms with Gasteiger partial charge in [0.25, 0.3) is 0 Å². The van der Waals surface area contributed by atoms with Gasteiger partial charge in [0, 0.05) is 44.4 Å². The summed E-state index contributed by atoms with van der Waals surface area (Å²) in [5.74, 6) is 1.27. The Morgan fingerprint density at radius 2 is 1.76 bits per heavy atom. The number of rotatable bonds is 5. The van der Waals surface area contributed by atoms with Gasteiger partial charge in [0.1, 0.15) is 23.9 Å². The molecule has 2 heterocycles. The number of nitrogens with zero attached hydrogens (tertiary/aromatic N) is 2. The molecule has 0 saturated carbocycles. The lowest BCUT2D eigenvalue weighted by atomic mass is 9.93. The van der Waals surface area contributed by atoms with Gasteiger partial charge in [-0.3, -0.25) is 9.80 Å². The average Bonchev–Trinajstić information content (AvgIpc) is 3.01. The molecule has 0 bridgehead atoms. The molecule has 0 N–H and O–H groups in total. The highest BCUT2D eigenvalue weighted by molar-refractivity contribution is 5.51. The van der Waals surface area contributed by atoms with E-state index < -0.39 is 0 Å². The zero-order chi connectivity index (χ0) is 22.6. The monoisotopic (exact) mass is 444 g/mol. The molecule has 1 unspecified atom stereocenters. The van der Waals surface area contributed by atoms with E-state index in [1.54, 1.807) is 13.2 Å². The number of methoxy groups -OCH3 is 1. The number of fused-ring (bicyclic) bond motifs is 2. The SMILES string of the molecule is COc1ccc(/C=C/CN2CCN(C3c4ccccc4COc4cc(F)ccc43)CC2)cc1. The van der Waals surface area contributed by atoms with Gasteiger partial charge in [-0.15, -0.1) is 0 Å². The zero-order valence-electron chi connectivity index (χ0n) is 18.9. The van der Waals surface area contributed by atoms with E-state index in [1.165, 1.54) is 22.8 Å². The molecule has 170 valence electrons. The van der Waals surface area contributed by atoms with Crippen molar-refractivity contribution in [3.8, 4) is 11.5 Å². The Labute approximate surface area is 194 Å². The molecule has 4 nitrogen and oxygen atoms in total. The van der Waals surface area contributed by atoms with E-state index in [9.17, 15) is 4.39 Å². The van der Waals surface area contributed by atoms with Crippen LogP contribution in [0, 0.1) is 5.82 Å². The molecule has 5 heteroatoms. The van der Waals surface area contributed by atoms with Crippen LogP contribution in [-0.2, 0) is 6.61 Å². The first-order chi connectivity index (χ1) is 16.2. The van der Waals surface area contributed by atoms with Crippen LogP contribution in [0.15, 0.2) is 72.8 Å². The van der Waals surface area contributed by atoms with E-state index in [4.69, 9.17) is 9.47 Å². The van der Waals surface area contributed by atoms with Gasteiger partial charge in [-0.25, -0.2) is 4.39 Å². The molecule has 1 fully saturated rings. The molecule has 3 aromatic carbocycles. The van der Waals surface area contributed by atoms with Crippen molar-refractivity contribution in [1.82, 2.24) is 9.80 Å². The molecular weight excluding hydrogens is 415 g/mol. The topological polar surface area (TPSA) is 24.9 Å². The minimum atomic E-state index is -0.257. The highest BCUT2D eigenvalue weighted by atomic mass is 19.1. The molecule has 5 rings (SSSR count). The Morgan fingerprint density at radius 1 is 0.970 bits per heavy atom. The molecule has 0 amide bonds. The third-order valence-electron chi connectivity index (χ3n) is 6.56. The number of hydrogen-bond donors (Lipinski definition) is 0. The van der Waals surface area contributed by atoms with E-state index in [-0.39, 0.29) is 11.9 Å². The van der Waals surface area contributed by atoms with Gasteiger partial charge in [-0.05, 0) is 34.9 Å². The second-order valence-electron chi connectivity index (χ2n) is 8.58. The number of ether oxygens (including phenoxy) is 2. The van der Waals surface area contributed by atoms with Crippen molar-refractivity contribution >= 4 is 6.08 Å². The maximum absolute atomic E-state index is 13.9. The molecule has 0 spiro atoms. The smallest absolute Gasteiger partial charge is 0.127 e. The summed E-state index contributed by atoms with van der Waals surface area (Å²) in [6, 6.07) is 21.6. The van der Waals surface area contributed by atoms with Crippen molar-refractivity contribution in [3.63, 3.8) is 0 Å². The van der Waals surface area contributed by atoms with Crippen LogP contribution in [0.25, 0.3) is 6.08 Å². The average molecular weight is 445 g/mol. The minimum absolute atomic E-state index is 0.0799. The van der Waals surface area contributed by atoms with Crippen molar-refractivity contribution < 1.29 is 13.9 Å². The first-order valence-electron chi connectivity index (χ1n) is 11.5. The Kier molecular flexibility index (Phi) is 6.42. The van der Waals surface area contributed by atoms with Crippen LogP contribution < -0.4 is 9.47 Å². The maximum Gasteiger partial charge on any atom is 0.127 e. The van der Waals surface area contributed by atoms with Gasteiger partial charge in [-0.2, -0.15) is 0 Å². The van der Waals surface area contributed by atoms with Crippen molar-refractivity contribution in [1.29, 1.82) is 0 Å². The third-order valence-corrected chi connectivity index (χ3v) is 6.56. The molecule has 33 heavy (non-hydrogen) atoms.